The number of hydrogen-bond acceptors (Lipinski definition) is 4. The van der Waals surface area contributed by atoms with Crippen molar-refractivity contribution >= 4 is 11.6 Å². The van der Waals surface area contributed by atoms with Gasteiger partial charge in [0.15, 0.2) is 5.82 Å². The van der Waals surface area contributed by atoms with Crippen LogP contribution < -0.4 is 4.74 Å². The van der Waals surface area contributed by atoms with Gasteiger partial charge in [0.25, 0.3) is 0 Å². The first-order valence-electron chi connectivity index (χ1n) is 6.25. The molecule has 2 rings (SSSR count). The van der Waals surface area contributed by atoms with Crippen LogP contribution >= 0.6 is 11.6 Å². The summed E-state index contributed by atoms with van der Waals surface area (Å²) in [6, 6.07) is 8.36. The van der Waals surface area contributed by atoms with Gasteiger partial charge in [0.2, 0.25) is 5.28 Å². The molecule has 4 nitrogen and oxygen atoms in total. The molecule has 2 aromatic rings. The second-order valence-electron chi connectivity index (χ2n) is 4.42. The average molecular weight is 278 g/mol. The predicted molar refractivity (Wildman–Crippen MR) is 75.5 cm³/mol. The third-order valence-electron chi connectivity index (χ3n) is 2.70. The molecule has 0 saturated heterocycles. The standard InChI is InChI=1S/C14H16ClN3O/c1-4-19-14-17-12(16-13(15)18-14)11-7-5-10(6-8-11)9(2)3/h5-9H,4H2,1-3H3. The van der Waals surface area contributed by atoms with Crippen LogP contribution in [-0.2, 0) is 0 Å². The molecular formula is C14H16ClN3O. The number of rotatable bonds is 4. The van der Waals surface area contributed by atoms with Crippen molar-refractivity contribution in [2.75, 3.05) is 6.61 Å². The molecule has 0 amide bonds. The van der Waals surface area contributed by atoms with Crippen LogP contribution in [0.25, 0.3) is 11.4 Å². The summed E-state index contributed by atoms with van der Waals surface area (Å²) in [5, 5.41) is 0.140. The fraction of sp³-hybridized carbons (Fsp3) is 0.357. The summed E-state index contributed by atoms with van der Waals surface area (Å²) in [6.07, 6.45) is 0. The van der Waals surface area contributed by atoms with Gasteiger partial charge in [0, 0.05) is 5.56 Å². The van der Waals surface area contributed by atoms with Crippen LogP contribution in [-0.4, -0.2) is 21.6 Å². The Morgan fingerprint density at radius 1 is 1.11 bits per heavy atom. The number of benzene rings is 1. The molecule has 0 bridgehead atoms. The molecule has 0 saturated carbocycles. The van der Waals surface area contributed by atoms with E-state index in [0.717, 1.165) is 5.56 Å². The second kappa shape index (κ2) is 5.97. The van der Waals surface area contributed by atoms with Crippen molar-refractivity contribution in [3.05, 3.63) is 35.1 Å². The minimum Gasteiger partial charge on any atom is -0.464 e. The van der Waals surface area contributed by atoms with Crippen LogP contribution in [0.1, 0.15) is 32.3 Å². The molecule has 0 aliphatic carbocycles. The van der Waals surface area contributed by atoms with Crippen molar-refractivity contribution in [2.24, 2.45) is 0 Å². The monoisotopic (exact) mass is 277 g/mol. The van der Waals surface area contributed by atoms with Gasteiger partial charge in [-0.25, -0.2) is 0 Å². The largest absolute Gasteiger partial charge is 0.464 e. The van der Waals surface area contributed by atoms with Crippen LogP contribution in [0.15, 0.2) is 24.3 Å². The minimum absolute atomic E-state index is 0.140. The van der Waals surface area contributed by atoms with Crippen molar-refractivity contribution in [1.82, 2.24) is 15.0 Å². The number of aromatic nitrogens is 3. The van der Waals surface area contributed by atoms with Crippen molar-refractivity contribution in [1.29, 1.82) is 0 Å². The van der Waals surface area contributed by atoms with E-state index in [4.69, 9.17) is 16.3 Å². The first-order valence-corrected chi connectivity index (χ1v) is 6.62. The van der Waals surface area contributed by atoms with Crippen molar-refractivity contribution < 1.29 is 4.74 Å². The Balaban J connectivity index is 2.35. The number of nitrogens with zero attached hydrogens (tertiary/aromatic N) is 3. The smallest absolute Gasteiger partial charge is 0.321 e. The van der Waals surface area contributed by atoms with E-state index in [9.17, 15) is 0 Å². The Morgan fingerprint density at radius 2 is 1.79 bits per heavy atom. The maximum Gasteiger partial charge on any atom is 0.321 e. The van der Waals surface area contributed by atoms with E-state index >= 15 is 0 Å². The molecule has 0 spiro atoms. The maximum atomic E-state index is 5.88. The fourth-order valence-electron chi connectivity index (χ4n) is 1.67. The zero-order chi connectivity index (χ0) is 13.8. The lowest BCUT2D eigenvalue weighted by Gasteiger charge is -2.07. The summed E-state index contributed by atoms with van der Waals surface area (Å²) < 4.78 is 5.26. The third kappa shape index (κ3) is 3.41. The molecule has 0 radical (unpaired) electrons. The molecule has 0 aliphatic heterocycles. The SMILES string of the molecule is CCOc1nc(Cl)nc(-c2ccc(C(C)C)cc2)n1. The highest BCUT2D eigenvalue weighted by Crippen LogP contribution is 2.22. The molecular weight excluding hydrogens is 262 g/mol. The van der Waals surface area contributed by atoms with Gasteiger partial charge in [0.05, 0.1) is 6.61 Å². The van der Waals surface area contributed by atoms with Crippen molar-refractivity contribution in [2.45, 2.75) is 26.7 Å². The van der Waals surface area contributed by atoms with Gasteiger partial charge in [-0.1, -0.05) is 38.1 Å². The molecule has 1 aromatic heterocycles. The number of hydrogen-bond donors (Lipinski definition) is 0. The molecule has 0 unspecified atom stereocenters. The van der Waals surface area contributed by atoms with Crippen LogP contribution in [0, 0.1) is 0 Å². The van der Waals surface area contributed by atoms with Gasteiger partial charge in [0.1, 0.15) is 0 Å². The van der Waals surface area contributed by atoms with Gasteiger partial charge in [-0.05, 0) is 30.0 Å². The minimum atomic E-state index is 0.140. The lowest BCUT2D eigenvalue weighted by Crippen LogP contribution is -2.01. The molecule has 0 atom stereocenters. The number of ether oxygens (including phenoxy) is 1. The topological polar surface area (TPSA) is 47.9 Å². The Hall–Kier alpha value is -1.68. The Kier molecular flexibility index (Phi) is 4.32. The highest BCUT2D eigenvalue weighted by molar-refractivity contribution is 6.28. The summed E-state index contributed by atoms with van der Waals surface area (Å²) in [4.78, 5) is 12.3. The fourth-order valence-corrected chi connectivity index (χ4v) is 1.82. The van der Waals surface area contributed by atoms with Crippen LogP contribution in [0.5, 0.6) is 6.01 Å². The maximum absolute atomic E-state index is 5.88. The Bertz CT molecular complexity index is 555. The lowest BCUT2D eigenvalue weighted by atomic mass is 10.0. The average Bonchev–Trinajstić information content (AvgIpc) is 2.38. The lowest BCUT2D eigenvalue weighted by molar-refractivity contribution is 0.312. The van der Waals surface area contributed by atoms with Gasteiger partial charge in [-0.3, -0.25) is 0 Å². The number of halogens is 1. The molecule has 100 valence electrons. The van der Waals surface area contributed by atoms with E-state index in [1.54, 1.807) is 0 Å². The first-order chi connectivity index (χ1) is 9.10. The van der Waals surface area contributed by atoms with E-state index in [2.05, 4.69) is 40.9 Å². The Labute approximate surface area is 117 Å². The molecule has 0 N–H and O–H groups in total. The predicted octanol–water partition coefficient (Wildman–Crippen LogP) is 3.71. The van der Waals surface area contributed by atoms with E-state index in [0.29, 0.717) is 18.3 Å². The summed E-state index contributed by atoms with van der Waals surface area (Å²) in [5.41, 5.74) is 2.17. The van der Waals surface area contributed by atoms with Gasteiger partial charge >= 0.3 is 6.01 Å². The van der Waals surface area contributed by atoms with Gasteiger partial charge < -0.3 is 4.74 Å². The van der Waals surface area contributed by atoms with Crippen molar-refractivity contribution in [3.63, 3.8) is 0 Å². The second-order valence-corrected chi connectivity index (χ2v) is 4.76. The summed E-state index contributed by atoms with van der Waals surface area (Å²) in [7, 11) is 0. The third-order valence-corrected chi connectivity index (χ3v) is 2.87. The quantitative estimate of drug-likeness (QED) is 0.855. The summed E-state index contributed by atoms with van der Waals surface area (Å²) in [5.74, 6) is 1.02. The van der Waals surface area contributed by atoms with Crippen LogP contribution in [0.4, 0.5) is 0 Å². The highest BCUT2D eigenvalue weighted by atomic mass is 35.5. The molecule has 19 heavy (non-hydrogen) atoms. The molecule has 0 fully saturated rings. The van der Waals surface area contributed by atoms with Crippen LogP contribution in [0.2, 0.25) is 5.28 Å². The van der Waals surface area contributed by atoms with Crippen LogP contribution in [0.3, 0.4) is 0 Å². The molecule has 0 aliphatic rings. The summed E-state index contributed by atoms with van der Waals surface area (Å²) in [6.45, 7) is 6.67. The van der Waals surface area contributed by atoms with Gasteiger partial charge in [-0.15, -0.1) is 0 Å². The molecule has 1 aromatic carbocycles. The molecule has 1 heterocycles. The van der Waals surface area contributed by atoms with E-state index in [-0.39, 0.29) is 11.3 Å². The highest BCUT2D eigenvalue weighted by Gasteiger charge is 2.08. The van der Waals surface area contributed by atoms with E-state index < -0.39 is 0 Å². The normalized spacial score (nSPS) is 10.8. The van der Waals surface area contributed by atoms with Gasteiger partial charge in [-0.2, -0.15) is 15.0 Å². The van der Waals surface area contributed by atoms with E-state index in [1.807, 2.05) is 19.1 Å². The van der Waals surface area contributed by atoms with Crippen molar-refractivity contribution in [3.8, 4) is 17.4 Å². The molecule has 5 heteroatoms. The first kappa shape index (κ1) is 13.7. The zero-order valence-electron chi connectivity index (χ0n) is 11.2. The Morgan fingerprint density at radius 3 is 2.37 bits per heavy atom. The zero-order valence-corrected chi connectivity index (χ0v) is 12.0. The van der Waals surface area contributed by atoms with E-state index in [1.165, 1.54) is 5.56 Å². The summed E-state index contributed by atoms with van der Waals surface area (Å²) >= 11 is 5.88.